The van der Waals surface area contributed by atoms with Crippen molar-refractivity contribution in [2.45, 2.75) is 16.2 Å². The van der Waals surface area contributed by atoms with E-state index in [1.807, 2.05) is 6.92 Å². The van der Waals surface area contributed by atoms with Crippen LogP contribution in [-0.4, -0.2) is 37.3 Å². The summed E-state index contributed by atoms with van der Waals surface area (Å²) in [5, 5.41) is 11.1. The molecule has 146 valence electrons. The molecule has 28 heavy (non-hydrogen) atoms. The van der Waals surface area contributed by atoms with Gasteiger partial charge in [-0.15, -0.1) is 10.2 Å². The first-order valence-corrected chi connectivity index (χ1v) is 11.6. The van der Waals surface area contributed by atoms with Crippen LogP contribution in [0.15, 0.2) is 63.8 Å². The molecule has 0 saturated carbocycles. The Morgan fingerprint density at radius 3 is 2.43 bits per heavy atom. The second-order valence-electron chi connectivity index (χ2n) is 5.59. The third-order valence-corrected chi connectivity index (χ3v) is 7.44. The molecule has 0 atom stereocenters. The van der Waals surface area contributed by atoms with E-state index in [-0.39, 0.29) is 10.8 Å². The van der Waals surface area contributed by atoms with Gasteiger partial charge in [-0.3, -0.25) is 14.4 Å². The second kappa shape index (κ2) is 8.72. The van der Waals surface area contributed by atoms with Crippen molar-refractivity contribution in [3.05, 3.63) is 60.2 Å². The molecule has 0 radical (unpaired) electrons. The lowest BCUT2D eigenvalue weighted by Gasteiger charge is -2.19. The topological polar surface area (TPSA) is 92.3 Å². The third-order valence-electron chi connectivity index (χ3n) is 3.79. The molecule has 10 heteroatoms. The van der Waals surface area contributed by atoms with Crippen molar-refractivity contribution in [2.75, 3.05) is 22.4 Å². The summed E-state index contributed by atoms with van der Waals surface area (Å²) >= 11 is 2.87. The zero-order valence-corrected chi connectivity index (χ0v) is 17.6. The van der Waals surface area contributed by atoms with Crippen molar-refractivity contribution in [3.8, 4) is 0 Å². The largest absolute Gasteiger partial charge is 0.296 e. The highest BCUT2D eigenvalue weighted by Gasteiger charge is 2.21. The molecule has 0 saturated heterocycles. The first-order chi connectivity index (χ1) is 13.4. The quantitative estimate of drug-likeness (QED) is 0.450. The van der Waals surface area contributed by atoms with Gasteiger partial charge in [-0.25, -0.2) is 8.42 Å². The van der Waals surface area contributed by atoms with Crippen LogP contribution in [0.1, 0.15) is 17.3 Å². The Bertz CT molecular complexity index is 1050. The molecule has 0 spiro atoms. The van der Waals surface area contributed by atoms with Gasteiger partial charge in [0.2, 0.25) is 5.13 Å². The average molecular weight is 435 g/mol. The van der Waals surface area contributed by atoms with E-state index < -0.39 is 10.0 Å². The van der Waals surface area contributed by atoms with Gasteiger partial charge in [0.1, 0.15) is 0 Å². The molecule has 0 aliphatic heterocycles. The molecule has 1 N–H and O–H groups in total. The zero-order chi connectivity index (χ0) is 20.1. The Kier molecular flexibility index (Phi) is 6.32. The molecule has 3 aromatic rings. The van der Waals surface area contributed by atoms with Crippen molar-refractivity contribution < 1.29 is 13.2 Å². The maximum Gasteiger partial charge on any atom is 0.264 e. The molecule has 1 aromatic heterocycles. The second-order valence-corrected chi connectivity index (χ2v) is 10.1. The van der Waals surface area contributed by atoms with E-state index in [1.165, 1.54) is 22.7 Å². The minimum Gasteiger partial charge on any atom is -0.296 e. The number of nitrogens with one attached hydrogen (secondary N) is 1. The Hall–Kier alpha value is -2.43. The van der Waals surface area contributed by atoms with Crippen LogP contribution in [-0.2, 0) is 10.0 Å². The van der Waals surface area contributed by atoms with Crippen molar-refractivity contribution in [1.29, 1.82) is 0 Å². The van der Waals surface area contributed by atoms with Crippen molar-refractivity contribution in [2.24, 2.45) is 0 Å². The fourth-order valence-electron chi connectivity index (χ4n) is 2.32. The summed E-state index contributed by atoms with van der Waals surface area (Å²) in [4.78, 5) is 12.6. The van der Waals surface area contributed by atoms with E-state index in [0.717, 1.165) is 10.1 Å². The van der Waals surface area contributed by atoms with E-state index in [2.05, 4.69) is 15.5 Å². The molecule has 0 aliphatic carbocycles. The number of thioether (sulfide) groups is 1. The number of amides is 1. The summed E-state index contributed by atoms with van der Waals surface area (Å²) in [5.41, 5.74) is 0.854. The maximum absolute atomic E-state index is 12.7. The van der Waals surface area contributed by atoms with Gasteiger partial charge in [0, 0.05) is 12.6 Å². The monoisotopic (exact) mass is 434 g/mol. The first-order valence-electron chi connectivity index (χ1n) is 8.33. The van der Waals surface area contributed by atoms with Gasteiger partial charge < -0.3 is 0 Å². The Morgan fingerprint density at radius 1 is 1.11 bits per heavy atom. The van der Waals surface area contributed by atoms with Crippen molar-refractivity contribution >= 4 is 49.8 Å². The van der Waals surface area contributed by atoms with Gasteiger partial charge in [0.25, 0.3) is 15.9 Å². The Balaban J connectivity index is 1.72. The van der Waals surface area contributed by atoms with Crippen molar-refractivity contribution in [1.82, 2.24) is 10.2 Å². The molecule has 1 heterocycles. The Morgan fingerprint density at radius 2 is 1.79 bits per heavy atom. The lowest BCUT2D eigenvalue weighted by molar-refractivity contribution is 0.102. The van der Waals surface area contributed by atoms with Crippen LogP contribution in [0, 0.1) is 0 Å². The number of aromatic nitrogens is 2. The Labute approximate surface area is 171 Å². The molecule has 0 aliphatic rings. The van der Waals surface area contributed by atoms with Gasteiger partial charge in [-0.1, -0.05) is 48.2 Å². The zero-order valence-electron chi connectivity index (χ0n) is 15.2. The smallest absolute Gasteiger partial charge is 0.264 e. The number of nitrogens with zero attached hydrogens (tertiary/aromatic N) is 3. The van der Waals surface area contributed by atoms with Gasteiger partial charge in [-0.2, -0.15) is 0 Å². The first kappa shape index (κ1) is 20.3. The minimum absolute atomic E-state index is 0.205. The predicted molar refractivity (Wildman–Crippen MR) is 113 cm³/mol. The summed E-state index contributed by atoms with van der Waals surface area (Å²) < 4.78 is 27.3. The van der Waals surface area contributed by atoms with Crippen LogP contribution in [0.4, 0.5) is 10.8 Å². The highest BCUT2D eigenvalue weighted by atomic mass is 32.2. The lowest BCUT2D eigenvalue weighted by Crippen LogP contribution is -2.26. The van der Waals surface area contributed by atoms with E-state index >= 15 is 0 Å². The van der Waals surface area contributed by atoms with Gasteiger partial charge >= 0.3 is 0 Å². The fourth-order valence-corrected chi connectivity index (χ4v) is 5.18. The summed E-state index contributed by atoms with van der Waals surface area (Å²) in [6.07, 6.45) is 0. The molecule has 0 fully saturated rings. The van der Waals surface area contributed by atoms with Crippen LogP contribution in [0.2, 0.25) is 0 Å². The SMILES string of the molecule is CCSc1nnc(NC(=O)c2ccc(N(C)S(=O)(=O)c3ccccc3)cc2)s1. The van der Waals surface area contributed by atoms with E-state index in [4.69, 9.17) is 0 Å². The maximum atomic E-state index is 12.7. The molecule has 1 amide bonds. The summed E-state index contributed by atoms with van der Waals surface area (Å²) in [5.74, 6) is 0.549. The van der Waals surface area contributed by atoms with E-state index in [9.17, 15) is 13.2 Å². The predicted octanol–water partition coefficient (Wildman–Crippen LogP) is 3.73. The molecule has 0 unspecified atom stereocenters. The third kappa shape index (κ3) is 4.51. The molecular formula is C18H18N4O3S3. The van der Waals surface area contributed by atoms with Crippen LogP contribution in [0.5, 0.6) is 0 Å². The summed E-state index contributed by atoms with van der Waals surface area (Å²) in [7, 11) is -2.18. The highest BCUT2D eigenvalue weighted by molar-refractivity contribution is 8.01. The van der Waals surface area contributed by atoms with Gasteiger partial charge in [-0.05, 0) is 42.2 Å². The van der Waals surface area contributed by atoms with Gasteiger partial charge in [0.05, 0.1) is 10.6 Å². The van der Waals surface area contributed by atoms with Crippen molar-refractivity contribution in [3.63, 3.8) is 0 Å². The highest BCUT2D eigenvalue weighted by Crippen LogP contribution is 2.26. The van der Waals surface area contributed by atoms with Crippen LogP contribution >= 0.6 is 23.1 Å². The molecule has 7 nitrogen and oxygen atoms in total. The normalized spacial score (nSPS) is 11.2. The lowest BCUT2D eigenvalue weighted by atomic mass is 10.2. The number of carbonyl (C=O) groups is 1. The number of anilines is 2. The van der Waals surface area contributed by atoms with Crippen LogP contribution < -0.4 is 9.62 Å². The van der Waals surface area contributed by atoms with E-state index in [0.29, 0.717) is 16.4 Å². The minimum atomic E-state index is -3.66. The molecule has 3 rings (SSSR count). The summed E-state index contributed by atoms with van der Waals surface area (Å²) in [6, 6.07) is 14.5. The molecular weight excluding hydrogens is 416 g/mol. The number of rotatable bonds is 7. The molecule has 0 bridgehead atoms. The number of hydrogen-bond acceptors (Lipinski definition) is 7. The number of benzene rings is 2. The molecule has 2 aromatic carbocycles. The van der Waals surface area contributed by atoms with Gasteiger partial charge in [0.15, 0.2) is 4.34 Å². The van der Waals surface area contributed by atoms with E-state index in [1.54, 1.807) is 66.4 Å². The average Bonchev–Trinajstić information content (AvgIpc) is 3.15. The summed E-state index contributed by atoms with van der Waals surface area (Å²) in [6.45, 7) is 2.01. The number of hydrogen-bond donors (Lipinski definition) is 1. The van der Waals surface area contributed by atoms with Crippen LogP contribution in [0.3, 0.4) is 0 Å². The van der Waals surface area contributed by atoms with Crippen LogP contribution in [0.25, 0.3) is 0 Å². The fraction of sp³-hybridized carbons (Fsp3) is 0.167. The number of sulfonamides is 1. The number of carbonyl (C=O) groups excluding carboxylic acids is 1. The standard InChI is InChI=1S/C18H18N4O3S3/c1-3-26-18-21-20-17(27-18)19-16(23)13-9-11-14(12-10-13)22(2)28(24,25)15-7-5-4-6-8-15/h4-12H,3H2,1-2H3,(H,19,20,23).